The summed E-state index contributed by atoms with van der Waals surface area (Å²) in [6.45, 7) is 1.55. The highest BCUT2D eigenvalue weighted by molar-refractivity contribution is 8.00. The smallest absolute Gasteiger partial charge is 0.325 e. The molecule has 214 valence electrons. The molecule has 1 fully saturated rings. The summed E-state index contributed by atoms with van der Waals surface area (Å²) >= 11 is 1.86. The molecule has 2 aliphatic rings. The number of halogens is 3. The second-order valence-electron chi connectivity index (χ2n) is 9.93. The summed E-state index contributed by atoms with van der Waals surface area (Å²) in [6.07, 6.45) is -1.59. The first-order valence-corrected chi connectivity index (χ1v) is 14.4. The predicted molar refractivity (Wildman–Crippen MR) is 152 cm³/mol. The molecule has 4 aromatic rings. The first kappa shape index (κ1) is 27.9. The van der Waals surface area contributed by atoms with Crippen molar-refractivity contribution in [2.75, 3.05) is 10.2 Å². The number of aryl methyl sites for hydroxylation is 1. The number of hydrogen-bond acceptors (Lipinski definition) is 7. The van der Waals surface area contributed by atoms with Gasteiger partial charge in [0, 0.05) is 28.9 Å². The van der Waals surface area contributed by atoms with Gasteiger partial charge in [0.25, 0.3) is 0 Å². The van der Waals surface area contributed by atoms with Crippen molar-refractivity contribution in [3.8, 4) is 0 Å². The van der Waals surface area contributed by atoms with Gasteiger partial charge >= 0.3 is 11.0 Å². The lowest BCUT2D eigenvalue weighted by atomic mass is 9.84. The van der Waals surface area contributed by atoms with Gasteiger partial charge in [0.1, 0.15) is 11.8 Å². The number of pyridine rings is 1. The molecule has 2 aromatic carbocycles. The second-order valence-corrected chi connectivity index (χ2v) is 12.1. The fourth-order valence-electron chi connectivity index (χ4n) is 5.32. The van der Waals surface area contributed by atoms with Crippen LogP contribution in [0.5, 0.6) is 0 Å². The van der Waals surface area contributed by atoms with Crippen LogP contribution in [0.1, 0.15) is 27.5 Å². The van der Waals surface area contributed by atoms with Crippen LogP contribution in [0.2, 0.25) is 0 Å². The van der Waals surface area contributed by atoms with Gasteiger partial charge in [0.15, 0.2) is 0 Å². The van der Waals surface area contributed by atoms with Gasteiger partial charge in [-0.05, 0) is 54.4 Å². The fourth-order valence-corrected chi connectivity index (χ4v) is 8.09. The van der Waals surface area contributed by atoms with Crippen molar-refractivity contribution >= 4 is 52.2 Å². The van der Waals surface area contributed by atoms with E-state index in [2.05, 4.69) is 10.3 Å². The number of imide groups is 1. The lowest BCUT2D eigenvalue weighted by Gasteiger charge is -2.30. The van der Waals surface area contributed by atoms with E-state index in [-0.39, 0.29) is 12.2 Å². The number of rotatable bonds is 5. The average Bonchev–Trinajstić information content (AvgIpc) is 3.39. The highest BCUT2D eigenvalue weighted by atomic mass is 32.2. The summed E-state index contributed by atoms with van der Waals surface area (Å²) in [5.41, 5.74) is 0.899. The van der Waals surface area contributed by atoms with Crippen LogP contribution in [0.25, 0.3) is 0 Å². The van der Waals surface area contributed by atoms with Crippen LogP contribution in [-0.2, 0) is 27.1 Å². The number of amides is 3. The number of thiazole rings is 1. The summed E-state index contributed by atoms with van der Waals surface area (Å²) in [7, 11) is 0. The van der Waals surface area contributed by atoms with Gasteiger partial charge in [0.05, 0.1) is 22.2 Å². The van der Waals surface area contributed by atoms with Crippen molar-refractivity contribution < 1.29 is 27.6 Å². The Morgan fingerprint density at radius 3 is 2.52 bits per heavy atom. The minimum atomic E-state index is -4.67. The number of anilines is 2. The van der Waals surface area contributed by atoms with Crippen LogP contribution in [0.3, 0.4) is 0 Å². The average molecular weight is 611 g/mol. The zero-order valence-corrected chi connectivity index (χ0v) is 23.4. The number of hydrogen-bond donors (Lipinski definition) is 1. The van der Waals surface area contributed by atoms with Crippen molar-refractivity contribution in [3.63, 3.8) is 0 Å². The van der Waals surface area contributed by atoms with Gasteiger partial charge < -0.3 is 5.32 Å². The number of thioether (sulfide) groups is 1. The number of aromatic nitrogens is 2. The third-order valence-corrected chi connectivity index (χ3v) is 9.73. The standard InChI is InChI=1S/C29H21F3N4O4S2/c1-15-5-2-8-18(11-15)34-20(37)14-35-27-24(42-28(35)40)21(16-6-4-10-33-13-16)22-23(41-27)26(39)36(25(22)38)19-9-3-7-17(12-19)29(30,31)32/h2-13,21-23H,14H2,1H3,(H,34,37). The molecule has 4 heterocycles. The predicted octanol–water partition coefficient (Wildman–Crippen LogP) is 5.07. The van der Waals surface area contributed by atoms with Crippen LogP contribution in [-0.4, -0.2) is 32.5 Å². The molecule has 2 aromatic heterocycles. The van der Waals surface area contributed by atoms with Gasteiger partial charge in [0.2, 0.25) is 17.7 Å². The molecule has 3 unspecified atom stereocenters. The molecule has 3 amide bonds. The van der Waals surface area contributed by atoms with E-state index in [1.54, 1.807) is 36.5 Å². The summed E-state index contributed by atoms with van der Waals surface area (Å²) in [6, 6.07) is 14.6. The molecule has 42 heavy (non-hydrogen) atoms. The summed E-state index contributed by atoms with van der Waals surface area (Å²) in [4.78, 5) is 58.8. The molecular weight excluding hydrogens is 589 g/mol. The Morgan fingerprint density at radius 1 is 1.02 bits per heavy atom. The van der Waals surface area contributed by atoms with E-state index in [0.717, 1.165) is 51.8 Å². The van der Waals surface area contributed by atoms with Crippen LogP contribution in [0.15, 0.2) is 82.9 Å². The van der Waals surface area contributed by atoms with Crippen molar-refractivity contribution in [1.29, 1.82) is 0 Å². The molecule has 8 nitrogen and oxygen atoms in total. The largest absolute Gasteiger partial charge is 0.416 e. The van der Waals surface area contributed by atoms with Crippen molar-refractivity contribution in [1.82, 2.24) is 9.55 Å². The van der Waals surface area contributed by atoms with Gasteiger partial charge in [-0.15, -0.1) is 0 Å². The van der Waals surface area contributed by atoms with Crippen LogP contribution >= 0.6 is 23.1 Å². The van der Waals surface area contributed by atoms with Gasteiger partial charge in [-0.3, -0.25) is 28.7 Å². The Hall–Kier alpha value is -4.23. The Kier molecular flexibility index (Phi) is 7.01. The van der Waals surface area contributed by atoms with Crippen LogP contribution < -0.4 is 15.1 Å². The van der Waals surface area contributed by atoms with E-state index in [4.69, 9.17) is 0 Å². The molecule has 0 radical (unpaired) electrons. The Balaban J connectivity index is 1.40. The maximum absolute atomic E-state index is 13.9. The number of nitrogens with one attached hydrogen (secondary N) is 1. The SMILES string of the molecule is Cc1cccc(NC(=O)Cn2c3c(sc2=O)C(c2cccnc2)C2C(=O)N(c4cccc(C(F)(F)F)c4)C(=O)C2S3)c1. The molecule has 0 aliphatic carbocycles. The zero-order chi connectivity index (χ0) is 29.8. The molecule has 0 spiro atoms. The molecule has 1 saturated heterocycles. The van der Waals surface area contributed by atoms with Crippen molar-refractivity contribution in [2.24, 2.45) is 5.92 Å². The van der Waals surface area contributed by atoms with E-state index in [1.165, 1.54) is 16.8 Å². The van der Waals surface area contributed by atoms with E-state index < -0.39 is 51.4 Å². The minimum Gasteiger partial charge on any atom is -0.325 e. The fraction of sp³-hybridized carbons (Fsp3) is 0.207. The maximum atomic E-state index is 13.9. The van der Waals surface area contributed by atoms with Gasteiger partial charge in [-0.1, -0.05) is 47.4 Å². The number of benzene rings is 2. The Labute approximate surface area is 245 Å². The molecule has 1 N–H and O–H groups in total. The molecular formula is C29H21F3N4O4S2. The number of fused-ring (bicyclic) bond motifs is 2. The van der Waals surface area contributed by atoms with Crippen LogP contribution in [0.4, 0.5) is 24.5 Å². The molecule has 3 atom stereocenters. The van der Waals surface area contributed by atoms with Crippen molar-refractivity contribution in [2.45, 2.75) is 35.8 Å². The summed E-state index contributed by atoms with van der Waals surface area (Å²) < 4.78 is 41.6. The van der Waals surface area contributed by atoms with Gasteiger partial charge in [-0.2, -0.15) is 13.2 Å². The quantitative estimate of drug-likeness (QED) is 0.317. The van der Waals surface area contributed by atoms with Crippen LogP contribution in [0, 0.1) is 12.8 Å². The first-order chi connectivity index (χ1) is 20.0. The number of nitrogens with zero attached hydrogens (tertiary/aromatic N) is 3. The molecule has 13 heteroatoms. The molecule has 6 rings (SSSR count). The van der Waals surface area contributed by atoms with E-state index in [0.29, 0.717) is 21.2 Å². The third kappa shape index (κ3) is 4.92. The Bertz CT molecular complexity index is 1790. The number of alkyl halides is 3. The second kappa shape index (κ2) is 10.6. The number of carbonyl (C=O) groups is 3. The minimum absolute atomic E-state index is 0.182. The molecule has 0 saturated carbocycles. The highest BCUT2D eigenvalue weighted by Gasteiger charge is 2.57. The lowest BCUT2D eigenvalue weighted by Crippen LogP contribution is -2.33. The van der Waals surface area contributed by atoms with E-state index in [9.17, 15) is 32.3 Å². The maximum Gasteiger partial charge on any atom is 0.416 e. The zero-order valence-electron chi connectivity index (χ0n) is 21.8. The normalized spacial score (nSPS) is 19.9. The van der Waals surface area contributed by atoms with E-state index in [1.807, 2.05) is 13.0 Å². The summed E-state index contributed by atoms with van der Waals surface area (Å²) in [5.74, 6) is -3.58. The summed E-state index contributed by atoms with van der Waals surface area (Å²) in [5, 5.41) is 2.10. The van der Waals surface area contributed by atoms with E-state index >= 15 is 0 Å². The van der Waals surface area contributed by atoms with Gasteiger partial charge in [-0.25, -0.2) is 4.90 Å². The molecule has 2 aliphatic heterocycles. The monoisotopic (exact) mass is 610 g/mol. The molecule has 0 bridgehead atoms. The third-order valence-electron chi connectivity index (χ3n) is 7.13. The first-order valence-electron chi connectivity index (χ1n) is 12.7. The van der Waals surface area contributed by atoms with Crippen molar-refractivity contribution in [3.05, 3.63) is 104 Å². The highest BCUT2D eigenvalue weighted by Crippen LogP contribution is 2.54. The lowest BCUT2D eigenvalue weighted by molar-refractivity contribution is -0.137. The number of carbonyl (C=O) groups excluding carboxylic acids is 3. The Morgan fingerprint density at radius 2 is 1.81 bits per heavy atom. The topological polar surface area (TPSA) is 101 Å².